The summed E-state index contributed by atoms with van der Waals surface area (Å²) in [5, 5.41) is 1.20. The van der Waals surface area contributed by atoms with Crippen molar-refractivity contribution < 1.29 is 0 Å². The van der Waals surface area contributed by atoms with Crippen molar-refractivity contribution in [3.05, 3.63) is 39.9 Å². The number of fused-ring (bicyclic) bond motifs is 6. The molecule has 0 saturated carbocycles. The summed E-state index contributed by atoms with van der Waals surface area (Å²) in [6.07, 6.45) is 5.73. The summed E-state index contributed by atoms with van der Waals surface area (Å²) >= 11 is 12.1. The molecular weight excluding hydrogens is 255 g/mol. The molecule has 0 radical (unpaired) electrons. The maximum atomic E-state index is 6.05. The minimum Gasteiger partial charge on any atom is -0.349 e. The number of aliphatic imine (C=N–C) groups is 1. The molecule has 0 amide bonds. The van der Waals surface area contributed by atoms with Crippen LogP contribution in [0.2, 0.25) is 10.0 Å². The maximum Gasteiger partial charge on any atom is 0.113 e. The van der Waals surface area contributed by atoms with Crippen LogP contribution in [0.1, 0.15) is 12.0 Å². The van der Waals surface area contributed by atoms with Gasteiger partial charge in [0.2, 0.25) is 0 Å². The van der Waals surface area contributed by atoms with E-state index in [-0.39, 0.29) is 0 Å². The molecule has 2 unspecified atom stereocenters. The second-order valence-electron chi connectivity index (χ2n) is 4.79. The first-order chi connectivity index (χ1) is 8.22. The lowest BCUT2D eigenvalue weighted by Gasteiger charge is -2.31. The lowest BCUT2D eigenvalue weighted by atomic mass is 10.1. The van der Waals surface area contributed by atoms with Crippen LogP contribution >= 0.6 is 23.2 Å². The summed E-state index contributed by atoms with van der Waals surface area (Å²) in [5.41, 5.74) is 2.15. The topological polar surface area (TPSA) is 15.6 Å². The highest BCUT2D eigenvalue weighted by molar-refractivity contribution is 6.42. The maximum absolute atomic E-state index is 6.05. The van der Waals surface area contributed by atoms with Crippen LogP contribution in [0.15, 0.2) is 29.3 Å². The van der Waals surface area contributed by atoms with Crippen molar-refractivity contribution in [2.45, 2.75) is 19.0 Å². The third kappa shape index (κ3) is 1.31. The Hall–Kier alpha value is -0.990. The van der Waals surface area contributed by atoms with E-state index >= 15 is 0 Å². The standard InChI is InChI=1S/C13H10Cl2N2/c14-10-4-8-6-17-9-2-1-7(3-9)13(17)16-12(8)5-11(10)15/h1-2,4-5,7,9H,3,6H2. The van der Waals surface area contributed by atoms with Crippen LogP contribution in [0.5, 0.6) is 0 Å². The molecule has 2 heterocycles. The number of amidine groups is 1. The first kappa shape index (κ1) is 9.98. The molecule has 1 fully saturated rings. The number of rotatable bonds is 0. The van der Waals surface area contributed by atoms with Crippen LogP contribution in [-0.2, 0) is 6.54 Å². The van der Waals surface area contributed by atoms with Crippen LogP contribution in [0, 0.1) is 5.92 Å². The van der Waals surface area contributed by atoms with E-state index in [2.05, 4.69) is 17.1 Å². The molecule has 2 nitrogen and oxygen atoms in total. The van der Waals surface area contributed by atoms with Crippen LogP contribution < -0.4 is 0 Å². The van der Waals surface area contributed by atoms with Gasteiger partial charge in [0, 0.05) is 18.5 Å². The molecule has 1 aromatic rings. The van der Waals surface area contributed by atoms with Gasteiger partial charge in [-0.25, -0.2) is 4.99 Å². The molecule has 0 spiro atoms. The Morgan fingerprint density at radius 2 is 2.00 bits per heavy atom. The van der Waals surface area contributed by atoms with E-state index in [1.807, 2.05) is 12.1 Å². The van der Waals surface area contributed by atoms with Crippen LogP contribution in [0.3, 0.4) is 0 Å². The van der Waals surface area contributed by atoms with Gasteiger partial charge in [-0.15, -0.1) is 0 Å². The second-order valence-corrected chi connectivity index (χ2v) is 5.60. The van der Waals surface area contributed by atoms with E-state index in [1.165, 1.54) is 17.8 Å². The Balaban J connectivity index is 1.87. The number of benzene rings is 1. The summed E-state index contributed by atoms with van der Waals surface area (Å²) in [4.78, 5) is 7.11. The summed E-state index contributed by atoms with van der Waals surface area (Å²) in [6, 6.07) is 4.34. The normalized spacial score (nSPS) is 28.1. The Kier molecular flexibility index (Phi) is 1.92. The molecule has 3 aliphatic rings. The molecule has 0 aromatic heterocycles. The molecule has 1 saturated heterocycles. The average Bonchev–Trinajstić information content (AvgIpc) is 2.89. The molecule has 1 aliphatic carbocycles. The van der Waals surface area contributed by atoms with E-state index in [0.29, 0.717) is 22.0 Å². The zero-order valence-electron chi connectivity index (χ0n) is 9.03. The monoisotopic (exact) mass is 264 g/mol. The third-order valence-corrected chi connectivity index (χ3v) is 4.51. The molecule has 86 valence electrons. The van der Waals surface area contributed by atoms with Gasteiger partial charge in [-0.05, 0) is 24.1 Å². The summed E-state index contributed by atoms with van der Waals surface area (Å²) in [5.74, 6) is 1.70. The zero-order chi connectivity index (χ0) is 11.6. The van der Waals surface area contributed by atoms with Gasteiger partial charge in [-0.3, -0.25) is 0 Å². The number of nitrogens with zero attached hydrogens (tertiary/aromatic N) is 2. The van der Waals surface area contributed by atoms with Gasteiger partial charge in [0.05, 0.1) is 15.7 Å². The molecular formula is C13H10Cl2N2. The number of hydrogen-bond donors (Lipinski definition) is 0. The minimum atomic E-state index is 0.502. The van der Waals surface area contributed by atoms with Crippen molar-refractivity contribution in [3.8, 4) is 0 Å². The quantitative estimate of drug-likeness (QED) is 0.651. The highest BCUT2D eigenvalue weighted by Crippen LogP contribution is 2.42. The molecule has 2 aliphatic heterocycles. The smallest absolute Gasteiger partial charge is 0.113 e. The highest BCUT2D eigenvalue weighted by atomic mass is 35.5. The fourth-order valence-electron chi connectivity index (χ4n) is 2.95. The summed E-state index contributed by atoms with van der Waals surface area (Å²) in [7, 11) is 0. The lowest BCUT2D eigenvalue weighted by molar-refractivity contribution is 0.378. The molecule has 2 bridgehead atoms. The van der Waals surface area contributed by atoms with Gasteiger partial charge >= 0.3 is 0 Å². The van der Waals surface area contributed by atoms with Crippen LogP contribution in [0.25, 0.3) is 0 Å². The fourth-order valence-corrected chi connectivity index (χ4v) is 3.29. The van der Waals surface area contributed by atoms with E-state index < -0.39 is 0 Å². The Morgan fingerprint density at radius 3 is 2.88 bits per heavy atom. The molecule has 4 rings (SSSR count). The fraction of sp³-hybridized carbons (Fsp3) is 0.308. The van der Waals surface area contributed by atoms with Gasteiger partial charge in [0.25, 0.3) is 0 Å². The Labute approximate surface area is 110 Å². The molecule has 1 aromatic carbocycles. The van der Waals surface area contributed by atoms with Crippen molar-refractivity contribution in [1.29, 1.82) is 0 Å². The van der Waals surface area contributed by atoms with Crippen molar-refractivity contribution in [2.75, 3.05) is 0 Å². The summed E-state index contributed by atoms with van der Waals surface area (Å²) in [6.45, 7) is 0.899. The van der Waals surface area contributed by atoms with E-state index in [9.17, 15) is 0 Å². The third-order valence-electron chi connectivity index (χ3n) is 3.78. The molecule has 4 heteroatoms. The van der Waals surface area contributed by atoms with Crippen molar-refractivity contribution >= 4 is 34.7 Å². The predicted octanol–water partition coefficient (Wildman–Crippen LogP) is 3.80. The Bertz CT molecular complexity index is 577. The minimum absolute atomic E-state index is 0.502. The SMILES string of the molecule is Clc1cc2c(cc1Cl)N=C1C3C=CC(C3)N1C2. The van der Waals surface area contributed by atoms with Gasteiger partial charge < -0.3 is 4.90 Å². The first-order valence-electron chi connectivity index (χ1n) is 5.74. The van der Waals surface area contributed by atoms with Crippen molar-refractivity contribution in [3.63, 3.8) is 0 Å². The van der Waals surface area contributed by atoms with Gasteiger partial charge in [-0.2, -0.15) is 0 Å². The molecule has 2 atom stereocenters. The van der Waals surface area contributed by atoms with Crippen LogP contribution in [0.4, 0.5) is 5.69 Å². The Morgan fingerprint density at radius 1 is 1.18 bits per heavy atom. The largest absolute Gasteiger partial charge is 0.349 e. The first-order valence-corrected chi connectivity index (χ1v) is 6.49. The van der Waals surface area contributed by atoms with Crippen LogP contribution in [-0.4, -0.2) is 16.8 Å². The van der Waals surface area contributed by atoms with E-state index in [1.54, 1.807) is 0 Å². The molecule has 17 heavy (non-hydrogen) atoms. The average molecular weight is 265 g/mol. The van der Waals surface area contributed by atoms with E-state index in [0.717, 1.165) is 12.2 Å². The number of halogens is 2. The van der Waals surface area contributed by atoms with Crippen molar-refractivity contribution in [2.24, 2.45) is 10.9 Å². The van der Waals surface area contributed by atoms with Gasteiger partial charge in [0.1, 0.15) is 5.84 Å². The summed E-state index contributed by atoms with van der Waals surface area (Å²) < 4.78 is 0. The van der Waals surface area contributed by atoms with Gasteiger partial charge in [-0.1, -0.05) is 35.4 Å². The van der Waals surface area contributed by atoms with E-state index in [4.69, 9.17) is 28.2 Å². The predicted molar refractivity (Wildman–Crippen MR) is 70.1 cm³/mol. The van der Waals surface area contributed by atoms with Crippen molar-refractivity contribution in [1.82, 2.24) is 4.90 Å². The zero-order valence-corrected chi connectivity index (χ0v) is 10.5. The number of hydrogen-bond acceptors (Lipinski definition) is 2. The molecule has 0 N–H and O–H groups in total. The second kappa shape index (κ2) is 3.27. The van der Waals surface area contributed by atoms with Gasteiger partial charge in [0.15, 0.2) is 0 Å². The lowest BCUT2D eigenvalue weighted by Crippen LogP contribution is -2.36. The highest BCUT2D eigenvalue weighted by Gasteiger charge is 2.40.